The van der Waals surface area contributed by atoms with E-state index in [9.17, 15) is 14.4 Å². The van der Waals surface area contributed by atoms with E-state index in [1.165, 1.54) is 6.92 Å². The van der Waals surface area contributed by atoms with Gasteiger partial charge in [0.05, 0.1) is 6.04 Å². The lowest BCUT2D eigenvalue weighted by Gasteiger charge is -2.24. The zero-order valence-electron chi connectivity index (χ0n) is 13.3. The second kappa shape index (κ2) is 8.61. The number of hydrogen-bond donors (Lipinski definition) is 4. The van der Waals surface area contributed by atoms with Crippen LogP contribution in [0.4, 0.5) is 0 Å². The van der Waals surface area contributed by atoms with E-state index in [0.29, 0.717) is 6.42 Å². The Balaban J connectivity index is 4.93. The lowest BCUT2D eigenvalue weighted by atomic mass is 10.0. The summed E-state index contributed by atoms with van der Waals surface area (Å²) in [6, 6.07) is -2.50. The van der Waals surface area contributed by atoms with Gasteiger partial charge < -0.3 is 21.5 Å². The Kier molecular flexibility index (Phi) is 7.94. The normalized spacial score (nSPS) is 15.4. The Labute approximate surface area is 125 Å². The van der Waals surface area contributed by atoms with Crippen molar-refractivity contribution in [3.8, 4) is 0 Å². The van der Waals surface area contributed by atoms with Crippen LogP contribution in [-0.2, 0) is 14.4 Å². The van der Waals surface area contributed by atoms with Gasteiger partial charge in [-0.05, 0) is 25.2 Å². The predicted octanol–water partition coefficient (Wildman–Crippen LogP) is 0.0899. The van der Waals surface area contributed by atoms with E-state index >= 15 is 0 Å². The lowest BCUT2D eigenvalue weighted by Crippen LogP contribution is -2.55. The monoisotopic (exact) mass is 301 g/mol. The summed E-state index contributed by atoms with van der Waals surface area (Å²) < 4.78 is 0. The van der Waals surface area contributed by atoms with Crippen LogP contribution in [0.1, 0.15) is 41.0 Å². The summed E-state index contributed by atoms with van der Waals surface area (Å²) in [4.78, 5) is 35.0. The molecule has 0 rings (SSSR count). The molecule has 0 aliphatic rings. The van der Waals surface area contributed by atoms with Crippen molar-refractivity contribution in [1.82, 2.24) is 10.6 Å². The minimum Gasteiger partial charge on any atom is -0.480 e. The molecule has 0 saturated carbocycles. The Hall–Kier alpha value is -1.63. The Morgan fingerprint density at radius 3 is 1.86 bits per heavy atom. The highest BCUT2D eigenvalue weighted by Crippen LogP contribution is 2.08. The molecule has 2 amide bonds. The van der Waals surface area contributed by atoms with E-state index in [1.807, 2.05) is 13.8 Å². The van der Waals surface area contributed by atoms with Crippen molar-refractivity contribution in [2.45, 2.75) is 59.2 Å². The van der Waals surface area contributed by atoms with E-state index < -0.39 is 35.9 Å². The van der Waals surface area contributed by atoms with Gasteiger partial charge in [0.2, 0.25) is 11.8 Å². The molecule has 0 bridgehead atoms. The van der Waals surface area contributed by atoms with Crippen molar-refractivity contribution in [2.24, 2.45) is 17.6 Å². The Morgan fingerprint density at radius 1 is 1.00 bits per heavy atom. The molecule has 0 aromatic rings. The molecule has 5 N–H and O–H groups in total. The maximum Gasteiger partial charge on any atom is 0.326 e. The number of carbonyl (C=O) groups excluding carboxylic acids is 2. The van der Waals surface area contributed by atoms with Gasteiger partial charge in [0, 0.05) is 0 Å². The zero-order chi connectivity index (χ0) is 16.7. The lowest BCUT2D eigenvalue weighted by molar-refractivity contribution is -0.143. The van der Waals surface area contributed by atoms with E-state index in [0.717, 1.165) is 0 Å². The number of carboxylic acid groups (broad SMARTS) is 1. The molecule has 0 spiro atoms. The maximum atomic E-state index is 12.2. The fourth-order valence-electron chi connectivity index (χ4n) is 1.77. The Morgan fingerprint density at radius 2 is 1.52 bits per heavy atom. The molecule has 7 heteroatoms. The molecule has 0 aliphatic carbocycles. The third-order valence-corrected chi connectivity index (χ3v) is 2.98. The number of carboxylic acids is 1. The smallest absolute Gasteiger partial charge is 0.326 e. The highest BCUT2D eigenvalue weighted by Gasteiger charge is 2.29. The fraction of sp³-hybridized carbons (Fsp3) is 0.786. The summed E-state index contributed by atoms with van der Waals surface area (Å²) in [5.41, 5.74) is 5.48. The van der Waals surface area contributed by atoms with Gasteiger partial charge in [-0.25, -0.2) is 4.79 Å². The highest BCUT2D eigenvalue weighted by atomic mass is 16.4. The standard InChI is InChI=1S/C14H27N3O4/c1-7(2)6-10(16-12(18)9(5)15)13(19)17-11(8(3)4)14(20)21/h7-11H,6,15H2,1-5H3,(H,16,18)(H,17,19)(H,20,21). The number of carbonyl (C=O) groups is 3. The van der Waals surface area contributed by atoms with E-state index in [4.69, 9.17) is 10.8 Å². The second-order valence-corrected chi connectivity index (χ2v) is 6.05. The number of nitrogens with one attached hydrogen (secondary N) is 2. The van der Waals surface area contributed by atoms with Crippen molar-refractivity contribution in [3.63, 3.8) is 0 Å². The van der Waals surface area contributed by atoms with Crippen LogP contribution in [0, 0.1) is 11.8 Å². The SMILES string of the molecule is CC(C)CC(NC(=O)C(C)N)C(=O)NC(C(=O)O)C(C)C. The number of nitrogens with two attached hydrogens (primary N) is 1. The van der Waals surface area contributed by atoms with Crippen LogP contribution in [0.3, 0.4) is 0 Å². The average molecular weight is 301 g/mol. The van der Waals surface area contributed by atoms with E-state index in [2.05, 4.69) is 10.6 Å². The third kappa shape index (κ3) is 7.08. The molecule has 7 nitrogen and oxygen atoms in total. The van der Waals surface area contributed by atoms with Crippen LogP contribution in [0.2, 0.25) is 0 Å². The van der Waals surface area contributed by atoms with Crippen molar-refractivity contribution in [2.75, 3.05) is 0 Å². The molecule has 0 aromatic carbocycles. The zero-order valence-corrected chi connectivity index (χ0v) is 13.3. The fourth-order valence-corrected chi connectivity index (χ4v) is 1.77. The summed E-state index contributed by atoms with van der Waals surface area (Å²) in [6.45, 7) is 8.76. The van der Waals surface area contributed by atoms with Crippen LogP contribution >= 0.6 is 0 Å². The van der Waals surface area contributed by atoms with E-state index in [1.54, 1.807) is 13.8 Å². The molecule has 0 aromatic heterocycles. The van der Waals surface area contributed by atoms with Crippen LogP contribution < -0.4 is 16.4 Å². The minimum absolute atomic E-state index is 0.163. The molecule has 0 aliphatic heterocycles. The second-order valence-electron chi connectivity index (χ2n) is 6.05. The topological polar surface area (TPSA) is 122 Å². The van der Waals surface area contributed by atoms with Gasteiger partial charge >= 0.3 is 5.97 Å². The Bertz CT molecular complexity index is 380. The third-order valence-electron chi connectivity index (χ3n) is 2.98. The first-order valence-electron chi connectivity index (χ1n) is 7.15. The summed E-state index contributed by atoms with van der Waals surface area (Å²) in [5, 5.41) is 14.1. The number of hydrogen-bond acceptors (Lipinski definition) is 4. The molecule has 0 fully saturated rings. The predicted molar refractivity (Wildman–Crippen MR) is 79.4 cm³/mol. The molecular formula is C14H27N3O4. The number of aliphatic carboxylic acids is 1. The summed E-state index contributed by atoms with van der Waals surface area (Å²) in [6.07, 6.45) is 0.411. The largest absolute Gasteiger partial charge is 0.480 e. The van der Waals surface area contributed by atoms with Crippen LogP contribution in [0.15, 0.2) is 0 Å². The van der Waals surface area contributed by atoms with Crippen molar-refractivity contribution < 1.29 is 19.5 Å². The number of rotatable bonds is 8. The summed E-state index contributed by atoms with van der Waals surface area (Å²) >= 11 is 0. The molecule has 0 saturated heterocycles. The van der Waals surface area contributed by atoms with Gasteiger partial charge in [-0.3, -0.25) is 9.59 Å². The molecule has 3 unspecified atom stereocenters. The molecule has 21 heavy (non-hydrogen) atoms. The maximum absolute atomic E-state index is 12.2. The van der Waals surface area contributed by atoms with Crippen LogP contribution in [0.5, 0.6) is 0 Å². The summed E-state index contributed by atoms with van der Waals surface area (Å²) in [5.74, 6) is -2.13. The molecule has 0 radical (unpaired) electrons. The first-order chi connectivity index (χ1) is 9.56. The van der Waals surface area contributed by atoms with Gasteiger partial charge in [-0.15, -0.1) is 0 Å². The first kappa shape index (κ1) is 19.4. The van der Waals surface area contributed by atoms with Crippen molar-refractivity contribution in [1.29, 1.82) is 0 Å². The summed E-state index contributed by atoms with van der Waals surface area (Å²) in [7, 11) is 0. The number of amides is 2. The van der Waals surface area contributed by atoms with Crippen LogP contribution in [0.25, 0.3) is 0 Å². The quantitative estimate of drug-likeness (QED) is 0.506. The van der Waals surface area contributed by atoms with E-state index in [-0.39, 0.29) is 11.8 Å². The molecule has 3 atom stereocenters. The highest BCUT2D eigenvalue weighted by molar-refractivity contribution is 5.91. The van der Waals surface area contributed by atoms with Gasteiger partial charge in [0.15, 0.2) is 0 Å². The molecular weight excluding hydrogens is 274 g/mol. The van der Waals surface area contributed by atoms with Gasteiger partial charge in [0.1, 0.15) is 12.1 Å². The van der Waals surface area contributed by atoms with Crippen molar-refractivity contribution in [3.05, 3.63) is 0 Å². The first-order valence-corrected chi connectivity index (χ1v) is 7.15. The molecule has 0 heterocycles. The van der Waals surface area contributed by atoms with Gasteiger partial charge in [0.25, 0.3) is 0 Å². The van der Waals surface area contributed by atoms with Gasteiger partial charge in [-0.2, -0.15) is 0 Å². The van der Waals surface area contributed by atoms with Gasteiger partial charge in [-0.1, -0.05) is 27.7 Å². The average Bonchev–Trinajstić information content (AvgIpc) is 2.32. The minimum atomic E-state index is -1.10. The van der Waals surface area contributed by atoms with Crippen molar-refractivity contribution >= 4 is 17.8 Å². The van der Waals surface area contributed by atoms with Crippen LogP contribution in [-0.4, -0.2) is 41.0 Å². The molecule has 122 valence electrons.